The van der Waals surface area contributed by atoms with Gasteiger partial charge in [-0.2, -0.15) is 5.21 Å². The number of nitrogens with zero attached hydrogens (tertiary/aromatic N) is 3. The number of carbonyl (C=O) groups is 1. The van der Waals surface area contributed by atoms with Crippen molar-refractivity contribution in [3.8, 4) is 0 Å². The maximum atomic E-state index is 11.8. The number of nitrogens with one attached hydrogen (secondary N) is 1. The fraction of sp³-hybridized carbons (Fsp3) is 0.500. The Bertz CT molecular complexity index is 801. The number of hydrogen-bond acceptors (Lipinski definition) is 6. The third kappa shape index (κ3) is 5.09. The zero-order valence-corrected chi connectivity index (χ0v) is 15.2. The highest BCUT2D eigenvalue weighted by Gasteiger charge is 2.33. The third-order valence-corrected chi connectivity index (χ3v) is 5.16. The highest BCUT2D eigenvalue weighted by atomic mass is 32.2. The maximum Gasteiger partial charge on any atom is 0.307 e. The van der Waals surface area contributed by atoms with E-state index in [1.807, 2.05) is 13.8 Å². The molecule has 2 atom stereocenters. The Morgan fingerprint density at radius 1 is 1.24 bits per heavy atom. The molecule has 0 aliphatic heterocycles. The van der Waals surface area contributed by atoms with Crippen LogP contribution in [0.4, 0.5) is 0 Å². The van der Waals surface area contributed by atoms with E-state index in [4.69, 9.17) is 0 Å². The van der Waals surface area contributed by atoms with E-state index in [1.54, 1.807) is 12.1 Å². The van der Waals surface area contributed by atoms with Crippen molar-refractivity contribution in [2.45, 2.75) is 37.5 Å². The van der Waals surface area contributed by atoms with Crippen molar-refractivity contribution in [2.75, 3.05) is 6.26 Å². The zero-order valence-electron chi connectivity index (χ0n) is 14.4. The van der Waals surface area contributed by atoms with E-state index >= 15 is 0 Å². The molecule has 0 fully saturated rings. The molecule has 2 aromatic rings. The fourth-order valence-electron chi connectivity index (χ4n) is 2.81. The molecule has 1 heterocycles. The van der Waals surface area contributed by atoms with Crippen LogP contribution in [0.15, 0.2) is 29.2 Å². The number of H-pyrrole nitrogens is 1. The highest BCUT2D eigenvalue weighted by Crippen LogP contribution is 2.31. The summed E-state index contributed by atoms with van der Waals surface area (Å²) < 4.78 is 23.1. The summed E-state index contributed by atoms with van der Waals surface area (Å²) in [6.45, 7) is 3.92. The van der Waals surface area contributed by atoms with Crippen LogP contribution in [-0.4, -0.2) is 46.4 Å². The van der Waals surface area contributed by atoms with Crippen molar-refractivity contribution in [1.82, 2.24) is 20.6 Å². The van der Waals surface area contributed by atoms with Crippen LogP contribution in [0.2, 0.25) is 0 Å². The smallest absolute Gasteiger partial charge is 0.307 e. The Morgan fingerprint density at radius 2 is 1.88 bits per heavy atom. The van der Waals surface area contributed by atoms with Crippen LogP contribution >= 0.6 is 0 Å². The molecule has 1 aromatic carbocycles. The van der Waals surface area contributed by atoms with E-state index in [0.717, 1.165) is 11.8 Å². The lowest BCUT2D eigenvalue weighted by Crippen LogP contribution is -2.26. The highest BCUT2D eigenvalue weighted by molar-refractivity contribution is 7.90. The lowest BCUT2D eigenvalue weighted by Gasteiger charge is -2.23. The Morgan fingerprint density at radius 3 is 2.32 bits per heavy atom. The number of carboxylic acids is 1. The van der Waals surface area contributed by atoms with Crippen LogP contribution in [-0.2, 0) is 21.1 Å². The lowest BCUT2D eigenvalue weighted by atomic mass is 9.81. The number of hydrogen-bond donors (Lipinski definition) is 2. The van der Waals surface area contributed by atoms with Crippen molar-refractivity contribution in [3.05, 3.63) is 35.7 Å². The topological polar surface area (TPSA) is 126 Å². The molecule has 0 aliphatic rings. The van der Waals surface area contributed by atoms with Crippen LogP contribution in [0, 0.1) is 11.8 Å². The molecule has 0 radical (unpaired) electrons. The molecule has 8 nitrogen and oxygen atoms in total. The summed E-state index contributed by atoms with van der Waals surface area (Å²) in [5.41, 5.74) is 0.817. The van der Waals surface area contributed by atoms with Crippen molar-refractivity contribution < 1.29 is 18.3 Å². The van der Waals surface area contributed by atoms with E-state index < -0.39 is 27.6 Å². The number of aliphatic carboxylic acids is 1. The number of carboxylic acid groups (broad SMARTS) is 1. The minimum absolute atomic E-state index is 0.197. The normalized spacial score (nSPS) is 14.4. The molecular weight excluding hydrogens is 344 g/mol. The third-order valence-electron chi connectivity index (χ3n) is 4.03. The first-order valence-corrected chi connectivity index (χ1v) is 9.82. The monoisotopic (exact) mass is 366 g/mol. The summed E-state index contributed by atoms with van der Waals surface area (Å²) in [5, 5.41) is 23.5. The van der Waals surface area contributed by atoms with E-state index in [9.17, 15) is 18.3 Å². The average Bonchev–Trinajstić information content (AvgIpc) is 3.04. The predicted molar refractivity (Wildman–Crippen MR) is 90.8 cm³/mol. The first-order valence-electron chi connectivity index (χ1n) is 7.93. The lowest BCUT2D eigenvalue weighted by molar-refractivity contribution is -0.143. The van der Waals surface area contributed by atoms with Gasteiger partial charge in [0.1, 0.15) is 0 Å². The minimum atomic E-state index is -3.27. The molecule has 0 aliphatic carbocycles. The number of benzene rings is 1. The van der Waals surface area contributed by atoms with E-state index in [1.165, 1.54) is 12.1 Å². The van der Waals surface area contributed by atoms with Gasteiger partial charge in [0.15, 0.2) is 15.7 Å². The van der Waals surface area contributed by atoms with Gasteiger partial charge in [-0.25, -0.2) is 8.42 Å². The largest absolute Gasteiger partial charge is 0.481 e. The van der Waals surface area contributed by atoms with E-state index in [-0.39, 0.29) is 10.8 Å². The van der Waals surface area contributed by atoms with E-state index in [0.29, 0.717) is 18.7 Å². The second-order valence-corrected chi connectivity index (χ2v) is 8.59. The van der Waals surface area contributed by atoms with E-state index in [2.05, 4.69) is 20.6 Å². The molecule has 9 heteroatoms. The molecule has 0 amide bonds. The van der Waals surface area contributed by atoms with Crippen molar-refractivity contribution in [2.24, 2.45) is 11.8 Å². The molecule has 1 aromatic heterocycles. The molecule has 0 saturated carbocycles. The van der Waals surface area contributed by atoms with Crippen molar-refractivity contribution in [1.29, 1.82) is 0 Å². The van der Waals surface area contributed by atoms with Gasteiger partial charge in [0.2, 0.25) is 0 Å². The van der Waals surface area contributed by atoms with Crippen LogP contribution < -0.4 is 0 Å². The molecule has 2 N–H and O–H groups in total. The number of sulfone groups is 1. The summed E-state index contributed by atoms with van der Waals surface area (Å²) in [5.74, 6) is -1.48. The molecule has 136 valence electrons. The van der Waals surface area contributed by atoms with Gasteiger partial charge in [-0.05, 0) is 36.5 Å². The van der Waals surface area contributed by atoms with Crippen molar-refractivity contribution in [3.63, 3.8) is 0 Å². The second kappa shape index (κ2) is 7.73. The first kappa shape index (κ1) is 19.0. The molecule has 2 rings (SSSR count). The van der Waals surface area contributed by atoms with Crippen LogP contribution in [0.25, 0.3) is 0 Å². The number of aromatic nitrogens is 4. The molecule has 0 spiro atoms. The number of aromatic amines is 1. The Hall–Kier alpha value is -2.29. The van der Waals surface area contributed by atoms with Crippen molar-refractivity contribution >= 4 is 15.8 Å². The predicted octanol–water partition coefficient (Wildman–Crippen LogP) is 1.68. The quantitative estimate of drug-likeness (QED) is 0.728. The Labute approximate surface area is 146 Å². The molecule has 0 saturated heterocycles. The average molecular weight is 366 g/mol. The Kier molecular flexibility index (Phi) is 5.89. The standard InChI is InChI=1S/C16H22N4O4S/c1-10(2)8-14(16(21)22)13(15-17-19-20-18-15)9-11-4-6-12(7-5-11)25(3,23)24/h4-7,10,13-14H,8-9H2,1-3H3,(H,21,22)(H,17,18,19,20)/t13-,14?/m0/s1. The van der Waals surface area contributed by atoms with Gasteiger partial charge in [0, 0.05) is 12.2 Å². The van der Waals surface area contributed by atoms with Crippen LogP contribution in [0.1, 0.15) is 37.6 Å². The summed E-state index contributed by atoms with van der Waals surface area (Å²) in [7, 11) is -3.27. The number of rotatable bonds is 8. The minimum Gasteiger partial charge on any atom is -0.481 e. The van der Waals surface area contributed by atoms with Gasteiger partial charge in [-0.1, -0.05) is 31.2 Å². The SMILES string of the molecule is CC(C)CC(C(=O)O)[C@H](Cc1ccc(S(C)(=O)=O)cc1)c1nn[nH]n1. The summed E-state index contributed by atoms with van der Waals surface area (Å²) >= 11 is 0. The van der Waals surface area contributed by atoms with Gasteiger partial charge in [0.05, 0.1) is 10.8 Å². The zero-order chi connectivity index (χ0) is 18.6. The number of tetrazole rings is 1. The summed E-state index contributed by atoms with van der Waals surface area (Å²) in [6.07, 6.45) is 2.01. The Balaban J connectivity index is 2.32. The molecule has 1 unspecified atom stereocenters. The first-order chi connectivity index (χ1) is 11.7. The second-order valence-electron chi connectivity index (χ2n) is 6.57. The summed E-state index contributed by atoms with van der Waals surface area (Å²) in [6, 6.07) is 6.43. The van der Waals surface area contributed by atoms with Crippen LogP contribution in [0.3, 0.4) is 0 Å². The van der Waals surface area contributed by atoms with Gasteiger partial charge in [0.25, 0.3) is 0 Å². The molecule has 0 bridgehead atoms. The van der Waals surface area contributed by atoms with Gasteiger partial charge in [-0.3, -0.25) is 4.79 Å². The fourth-order valence-corrected chi connectivity index (χ4v) is 3.44. The van der Waals surface area contributed by atoms with Gasteiger partial charge < -0.3 is 5.11 Å². The maximum absolute atomic E-state index is 11.8. The molecule has 25 heavy (non-hydrogen) atoms. The molecular formula is C16H22N4O4S. The summed E-state index contributed by atoms with van der Waals surface area (Å²) in [4.78, 5) is 12.0. The van der Waals surface area contributed by atoms with Gasteiger partial charge >= 0.3 is 5.97 Å². The van der Waals surface area contributed by atoms with Gasteiger partial charge in [-0.15, -0.1) is 10.2 Å². The van der Waals surface area contributed by atoms with Crippen LogP contribution in [0.5, 0.6) is 0 Å².